The Morgan fingerprint density at radius 2 is 2.27 bits per heavy atom. The molecule has 0 spiro atoms. The molecule has 0 aliphatic heterocycles. The van der Waals surface area contributed by atoms with Crippen LogP contribution in [0.15, 0.2) is 24.3 Å². The first-order valence-electron chi connectivity index (χ1n) is 3.28. The van der Waals surface area contributed by atoms with Crippen molar-refractivity contribution < 1.29 is 4.92 Å². The zero-order valence-electron chi connectivity index (χ0n) is 6.15. The van der Waals surface area contributed by atoms with Gasteiger partial charge < -0.3 is 0 Å². The Bertz CT molecular complexity index is 271. The molecule has 1 rings (SSSR count). The molecule has 0 N–H and O–H groups in total. The summed E-state index contributed by atoms with van der Waals surface area (Å²) in [5, 5.41) is 10.3. The van der Waals surface area contributed by atoms with Crippen LogP contribution in [0.2, 0.25) is 0 Å². The van der Waals surface area contributed by atoms with E-state index < -0.39 is 4.92 Å². The van der Waals surface area contributed by atoms with Crippen LogP contribution in [-0.2, 0) is 0 Å². The average molecular weight is 150 g/mol. The highest BCUT2D eigenvalue weighted by molar-refractivity contribution is 5.36. The van der Waals surface area contributed by atoms with Crippen molar-refractivity contribution in [2.45, 2.75) is 6.92 Å². The number of non-ortho nitro benzene ring substituents is 1. The lowest BCUT2D eigenvalue weighted by atomic mass is 10.1. The summed E-state index contributed by atoms with van der Waals surface area (Å²) in [6, 6.07) is 6.52. The average Bonchev–Trinajstić information content (AvgIpc) is 2.05. The maximum atomic E-state index is 10.3. The van der Waals surface area contributed by atoms with E-state index in [0.29, 0.717) is 0 Å². The zero-order chi connectivity index (χ0) is 8.27. The van der Waals surface area contributed by atoms with Crippen LogP contribution < -0.4 is 0 Å². The standard InChI is InChI=1S/C8H8NO2/c1-2-7-4-3-5-8(6-7)9(10)11/h2-6H,1H3. The molecule has 0 atom stereocenters. The normalized spacial score (nSPS) is 9.55. The molecule has 11 heavy (non-hydrogen) atoms. The number of benzene rings is 1. The van der Waals surface area contributed by atoms with E-state index in [-0.39, 0.29) is 5.69 Å². The molecular weight excluding hydrogens is 142 g/mol. The predicted molar refractivity (Wildman–Crippen MR) is 42.2 cm³/mol. The molecule has 1 radical (unpaired) electrons. The molecular formula is C8H8NO2. The minimum absolute atomic E-state index is 0.139. The van der Waals surface area contributed by atoms with Crippen molar-refractivity contribution in [1.29, 1.82) is 0 Å². The summed E-state index contributed by atoms with van der Waals surface area (Å²) < 4.78 is 0. The predicted octanol–water partition coefficient (Wildman–Crippen LogP) is 2.17. The van der Waals surface area contributed by atoms with E-state index in [1.807, 2.05) is 19.4 Å². The van der Waals surface area contributed by atoms with Crippen molar-refractivity contribution in [2.75, 3.05) is 0 Å². The first kappa shape index (κ1) is 7.72. The van der Waals surface area contributed by atoms with Gasteiger partial charge in [0.1, 0.15) is 0 Å². The van der Waals surface area contributed by atoms with E-state index in [0.717, 1.165) is 5.56 Å². The van der Waals surface area contributed by atoms with Crippen LogP contribution in [0, 0.1) is 16.5 Å². The van der Waals surface area contributed by atoms with E-state index in [4.69, 9.17) is 0 Å². The van der Waals surface area contributed by atoms with Crippen LogP contribution in [0.1, 0.15) is 12.5 Å². The summed E-state index contributed by atoms with van der Waals surface area (Å²) >= 11 is 0. The van der Waals surface area contributed by atoms with Crippen LogP contribution in [0.5, 0.6) is 0 Å². The topological polar surface area (TPSA) is 43.1 Å². The number of nitro benzene ring substituents is 1. The molecule has 1 aromatic carbocycles. The maximum absolute atomic E-state index is 10.3. The van der Waals surface area contributed by atoms with Crippen LogP contribution >= 0.6 is 0 Å². The largest absolute Gasteiger partial charge is 0.269 e. The van der Waals surface area contributed by atoms with Gasteiger partial charge in [-0.3, -0.25) is 10.1 Å². The van der Waals surface area contributed by atoms with E-state index >= 15 is 0 Å². The van der Waals surface area contributed by atoms with Gasteiger partial charge in [-0.1, -0.05) is 19.1 Å². The highest BCUT2D eigenvalue weighted by Crippen LogP contribution is 2.13. The number of hydrogen-bond acceptors (Lipinski definition) is 2. The summed E-state index contributed by atoms with van der Waals surface area (Å²) in [7, 11) is 0. The summed E-state index contributed by atoms with van der Waals surface area (Å²) in [4.78, 5) is 9.86. The molecule has 3 heteroatoms. The van der Waals surface area contributed by atoms with E-state index in [9.17, 15) is 10.1 Å². The fraction of sp³-hybridized carbons (Fsp3) is 0.125. The Kier molecular flexibility index (Phi) is 2.21. The third-order valence-corrected chi connectivity index (χ3v) is 1.41. The Balaban J connectivity index is 3.01. The monoisotopic (exact) mass is 150 g/mol. The fourth-order valence-electron chi connectivity index (χ4n) is 0.818. The van der Waals surface area contributed by atoms with Gasteiger partial charge in [-0.05, 0) is 12.0 Å². The van der Waals surface area contributed by atoms with E-state index in [1.54, 1.807) is 12.1 Å². The van der Waals surface area contributed by atoms with E-state index in [1.165, 1.54) is 6.07 Å². The highest BCUT2D eigenvalue weighted by atomic mass is 16.6. The molecule has 0 heterocycles. The second-order valence-electron chi connectivity index (χ2n) is 2.14. The van der Waals surface area contributed by atoms with Gasteiger partial charge in [0, 0.05) is 12.1 Å². The van der Waals surface area contributed by atoms with Gasteiger partial charge in [0.15, 0.2) is 0 Å². The smallest absolute Gasteiger partial charge is 0.258 e. The van der Waals surface area contributed by atoms with Gasteiger partial charge in [-0.25, -0.2) is 0 Å². The zero-order valence-corrected chi connectivity index (χ0v) is 6.15. The molecule has 0 amide bonds. The fourth-order valence-corrected chi connectivity index (χ4v) is 0.818. The molecule has 1 aromatic rings. The Morgan fingerprint density at radius 3 is 2.82 bits per heavy atom. The summed E-state index contributed by atoms with van der Waals surface area (Å²) in [6.45, 7) is 1.85. The molecule has 0 fully saturated rings. The Labute approximate surface area is 64.8 Å². The van der Waals surface area contributed by atoms with E-state index in [2.05, 4.69) is 0 Å². The quantitative estimate of drug-likeness (QED) is 0.479. The second kappa shape index (κ2) is 3.14. The Morgan fingerprint density at radius 1 is 1.55 bits per heavy atom. The maximum Gasteiger partial charge on any atom is 0.269 e. The summed E-state index contributed by atoms with van der Waals surface area (Å²) in [6.07, 6.45) is 1.83. The highest BCUT2D eigenvalue weighted by Gasteiger charge is 2.03. The van der Waals surface area contributed by atoms with Crippen molar-refractivity contribution in [3.8, 4) is 0 Å². The SMILES string of the molecule is C[CH]c1cccc([N+](=O)[O-])c1. The molecule has 0 aromatic heterocycles. The first-order chi connectivity index (χ1) is 5.24. The lowest BCUT2D eigenvalue weighted by Gasteiger charge is -1.94. The third-order valence-electron chi connectivity index (χ3n) is 1.41. The number of nitro groups is 1. The van der Waals surface area contributed by atoms with Gasteiger partial charge in [0.2, 0.25) is 0 Å². The van der Waals surface area contributed by atoms with Crippen LogP contribution in [0.25, 0.3) is 0 Å². The summed E-state index contributed by atoms with van der Waals surface area (Å²) in [5.41, 5.74) is 1.01. The third kappa shape index (κ3) is 1.77. The van der Waals surface area contributed by atoms with Crippen molar-refractivity contribution in [2.24, 2.45) is 0 Å². The van der Waals surface area contributed by atoms with Crippen LogP contribution in [0.4, 0.5) is 5.69 Å². The lowest BCUT2D eigenvalue weighted by molar-refractivity contribution is -0.384. The molecule has 0 saturated carbocycles. The molecule has 0 aliphatic rings. The van der Waals surface area contributed by atoms with Gasteiger partial charge in [0.05, 0.1) is 4.92 Å². The first-order valence-corrected chi connectivity index (χ1v) is 3.28. The van der Waals surface area contributed by atoms with Crippen molar-refractivity contribution in [3.63, 3.8) is 0 Å². The molecule has 57 valence electrons. The summed E-state index contributed by atoms with van der Waals surface area (Å²) in [5.74, 6) is 0. The van der Waals surface area contributed by atoms with Gasteiger partial charge in [-0.2, -0.15) is 0 Å². The molecule has 0 saturated heterocycles. The van der Waals surface area contributed by atoms with Gasteiger partial charge in [0.25, 0.3) is 5.69 Å². The van der Waals surface area contributed by atoms with Crippen molar-refractivity contribution >= 4 is 5.69 Å². The number of nitrogens with zero attached hydrogens (tertiary/aromatic N) is 1. The minimum atomic E-state index is -0.396. The lowest BCUT2D eigenvalue weighted by Crippen LogP contribution is -1.88. The minimum Gasteiger partial charge on any atom is -0.258 e. The number of rotatable bonds is 2. The second-order valence-corrected chi connectivity index (χ2v) is 2.14. The molecule has 0 unspecified atom stereocenters. The molecule has 3 nitrogen and oxygen atoms in total. The molecule has 0 aliphatic carbocycles. The van der Waals surface area contributed by atoms with Crippen LogP contribution in [-0.4, -0.2) is 4.92 Å². The van der Waals surface area contributed by atoms with Crippen LogP contribution in [0.3, 0.4) is 0 Å². The van der Waals surface area contributed by atoms with Crippen molar-refractivity contribution in [1.82, 2.24) is 0 Å². The Hall–Kier alpha value is -1.38. The van der Waals surface area contributed by atoms with Crippen molar-refractivity contribution in [3.05, 3.63) is 46.4 Å². The number of hydrogen-bond donors (Lipinski definition) is 0. The van der Waals surface area contributed by atoms with Gasteiger partial charge in [-0.15, -0.1) is 0 Å². The van der Waals surface area contributed by atoms with Gasteiger partial charge >= 0.3 is 0 Å². The molecule has 0 bridgehead atoms.